The highest BCUT2D eigenvalue weighted by molar-refractivity contribution is 5.74. The lowest BCUT2D eigenvalue weighted by molar-refractivity contribution is 0.0682. The number of amides is 2. The van der Waals surface area contributed by atoms with Crippen molar-refractivity contribution in [1.82, 2.24) is 20.6 Å². The third-order valence-corrected chi connectivity index (χ3v) is 6.43. The molecule has 0 spiro atoms. The van der Waals surface area contributed by atoms with Crippen molar-refractivity contribution in [1.29, 1.82) is 0 Å². The number of fused-ring (bicyclic) bond motifs is 1. The van der Waals surface area contributed by atoms with Crippen LogP contribution in [0.15, 0.2) is 42.6 Å². The number of nitrogens with one attached hydrogen (secondary N) is 3. The largest absolute Gasteiger partial charge is 0.371 e. The van der Waals surface area contributed by atoms with Crippen molar-refractivity contribution in [3.05, 3.63) is 53.9 Å². The number of carbonyl (C=O) groups excluding carboxylic acids is 1. The van der Waals surface area contributed by atoms with Crippen LogP contribution in [-0.2, 0) is 16.0 Å². The monoisotopic (exact) mass is 423 g/mol. The van der Waals surface area contributed by atoms with Gasteiger partial charge < -0.3 is 25.4 Å². The SMILES string of the molecule is O=C(NCc1ccccc1)N[C@@H]1CO[C@@H]2[C@@H]1OC[C@@H]2Nc1nccc(C2CCCC2)n1. The van der Waals surface area contributed by atoms with Gasteiger partial charge in [0.15, 0.2) is 0 Å². The Morgan fingerprint density at radius 2 is 1.74 bits per heavy atom. The molecule has 31 heavy (non-hydrogen) atoms. The van der Waals surface area contributed by atoms with Crippen LogP contribution in [0.1, 0.15) is 42.9 Å². The molecule has 3 heterocycles. The molecule has 1 aliphatic carbocycles. The lowest BCUT2D eigenvalue weighted by Gasteiger charge is -2.19. The van der Waals surface area contributed by atoms with E-state index in [0.717, 1.165) is 11.3 Å². The molecular formula is C23H29N5O3. The van der Waals surface area contributed by atoms with Crippen molar-refractivity contribution in [2.24, 2.45) is 0 Å². The van der Waals surface area contributed by atoms with E-state index in [-0.39, 0.29) is 30.3 Å². The summed E-state index contributed by atoms with van der Waals surface area (Å²) in [6.07, 6.45) is 6.47. The molecule has 8 heteroatoms. The zero-order valence-electron chi connectivity index (χ0n) is 17.5. The fraction of sp³-hybridized carbons (Fsp3) is 0.522. The smallest absolute Gasteiger partial charge is 0.315 e. The fourth-order valence-electron chi connectivity index (χ4n) is 4.80. The molecule has 1 aromatic heterocycles. The van der Waals surface area contributed by atoms with Gasteiger partial charge in [0.05, 0.1) is 25.3 Å². The molecule has 1 saturated carbocycles. The lowest BCUT2D eigenvalue weighted by atomic mass is 10.0. The minimum absolute atomic E-state index is 0.0389. The van der Waals surface area contributed by atoms with Crippen molar-refractivity contribution in [3.8, 4) is 0 Å². The maximum absolute atomic E-state index is 12.3. The number of rotatable bonds is 6. The highest BCUT2D eigenvalue weighted by Gasteiger charge is 2.48. The van der Waals surface area contributed by atoms with Gasteiger partial charge in [0.2, 0.25) is 5.95 Å². The molecule has 8 nitrogen and oxygen atoms in total. The second-order valence-electron chi connectivity index (χ2n) is 8.55. The summed E-state index contributed by atoms with van der Waals surface area (Å²) in [5.74, 6) is 1.17. The van der Waals surface area contributed by atoms with Crippen LogP contribution >= 0.6 is 0 Å². The van der Waals surface area contributed by atoms with Crippen molar-refractivity contribution < 1.29 is 14.3 Å². The number of hydrogen-bond donors (Lipinski definition) is 3. The molecule has 2 amide bonds. The highest BCUT2D eigenvalue weighted by atomic mass is 16.6. The van der Waals surface area contributed by atoms with Gasteiger partial charge >= 0.3 is 6.03 Å². The maximum atomic E-state index is 12.3. The van der Waals surface area contributed by atoms with Gasteiger partial charge in [-0.15, -0.1) is 0 Å². The molecule has 2 saturated heterocycles. The van der Waals surface area contributed by atoms with Crippen molar-refractivity contribution in [2.45, 2.75) is 62.4 Å². The van der Waals surface area contributed by atoms with Gasteiger partial charge in [-0.2, -0.15) is 0 Å². The average molecular weight is 424 g/mol. The lowest BCUT2D eigenvalue weighted by Crippen LogP contribution is -2.48. The third-order valence-electron chi connectivity index (χ3n) is 6.43. The summed E-state index contributed by atoms with van der Waals surface area (Å²) in [6, 6.07) is 11.4. The maximum Gasteiger partial charge on any atom is 0.315 e. The Bertz CT molecular complexity index is 890. The number of hydrogen-bond acceptors (Lipinski definition) is 6. The Balaban J connectivity index is 1.14. The molecule has 0 bridgehead atoms. The molecule has 4 atom stereocenters. The second kappa shape index (κ2) is 9.20. The molecule has 5 rings (SSSR count). The van der Waals surface area contributed by atoms with Gasteiger partial charge in [-0.25, -0.2) is 14.8 Å². The Kier molecular flexibility index (Phi) is 5.99. The minimum atomic E-state index is -0.217. The van der Waals surface area contributed by atoms with Crippen LogP contribution in [0.3, 0.4) is 0 Å². The summed E-state index contributed by atoms with van der Waals surface area (Å²) >= 11 is 0. The first kappa shape index (κ1) is 20.2. The predicted octanol–water partition coefficient (Wildman–Crippen LogP) is 2.58. The van der Waals surface area contributed by atoms with Crippen LogP contribution in [0.2, 0.25) is 0 Å². The first-order chi connectivity index (χ1) is 15.3. The molecule has 164 valence electrons. The van der Waals surface area contributed by atoms with Crippen molar-refractivity contribution in [3.63, 3.8) is 0 Å². The Morgan fingerprint density at radius 1 is 1.00 bits per heavy atom. The molecular weight excluding hydrogens is 394 g/mol. The summed E-state index contributed by atoms with van der Waals surface area (Å²) in [5, 5.41) is 9.28. The fourth-order valence-corrected chi connectivity index (χ4v) is 4.80. The van der Waals surface area contributed by atoms with E-state index in [1.165, 1.54) is 25.7 Å². The van der Waals surface area contributed by atoms with E-state index in [1.807, 2.05) is 42.6 Å². The molecule has 3 fully saturated rings. The first-order valence-corrected chi connectivity index (χ1v) is 11.2. The number of benzene rings is 1. The van der Waals surface area contributed by atoms with E-state index in [4.69, 9.17) is 14.5 Å². The molecule has 0 radical (unpaired) electrons. The van der Waals surface area contributed by atoms with Gasteiger partial charge in [0.25, 0.3) is 0 Å². The second-order valence-corrected chi connectivity index (χ2v) is 8.55. The normalized spacial score (nSPS) is 27.7. The molecule has 2 aliphatic heterocycles. The van der Waals surface area contributed by atoms with E-state index in [0.29, 0.717) is 31.6 Å². The predicted molar refractivity (Wildman–Crippen MR) is 116 cm³/mol. The van der Waals surface area contributed by atoms with Crippen LogP contribution in [0.25, 0.3) is 0 Å². The number of nitrogens with zero attached hydrogens (tertiary/aromatic N) is 2. The van der Waals surface area contributed by atoms with E-state index in [2.05, 4.69) is 20.9 Å². The van der Waals surface area contributed by atoms with Crippen LogP contribution in [0.5, 0.6) is 0 Å². The van der Waals surface area contributed by atoms with Gasteiger partial charge in [-0.3, -0.25) is 0 Å². The zero-order valence-corrected chi connectivity index (χ0v) is 17.5. The third kappa shape index (κ3) is 4.65. The standard InChI is InChI=1S/C23H29N5O3/c29-23(25-12-15-6-2-1-3-7-15)28-19-14-31-20-18(13-30-21(19)20)27-22-24-11-10-17(26-22)16-8-4-5-9-16/h1-3,6-7,10-11,16,18-21H,4-5,8-9,12-14H2,(H,24,26,27)(H2,25,28,29)/t18-,19+,20-,21+/m0/s1. The Hall–Kier alpha value is -2.71. The number of urea groups is 1. The molecule has 3 aliphatic rings. The molecule has 0 unspecified atom stereocenters. The van der Waals surface area contributed by atoms with Crippen LogP contribution in [0.4, 0.5) is 10.7 Å². The van der Waals surface area contributed by atoms with Gasteiger partial charge in [0.1, 0.15) is 12.2 Å². The van der Waals surface area contributed by atoms with Gasteiger partial charge in [-0.05, 0) is 24.5 Å². The minimum Gasteiger partial charge on any atom is -0.371 e. The van der Waals surface area contributed by atoms with Crippen LogP contribution < -0.4 is 16.0 Å². The van der Waals surface area contributed by atoms with E-state index < -0.39 is 0 Å². The topological polar surface area (TPSA) is 97.4 Å². The van der Waals surface area contributed by atoms with Gasteiger partial charge in [-0.1, -0.05) is 43.2 Å². The number of ether oxygens (including phenoxy) is 2. The quantitative estimate of drug-likeness (QED) is 0.661. The highest BCUT2D eigenvalue weighted by Crippen LogP contribution is 2.33. The zero-order chi connectivity index (χ0) is 21.0. The average Bonchev–Trinajstić information content (AvgIpc) is 3.54. The van der Waals surface area contributed by atoms with Crippen molar-refractivity contribution in [2.75, 3.05) is 18.5 Å². The number of carbonyl (C=O) groups is 1. The van der Waals surface area contributed by atoms with Crippen molar-refractivity contribution >= 4 is 12.0 Å². The summed E-state index contributed by atoms with van der Waals surface area (Å²) in [6.45, 7) is 1.40. The van der Waals surface area contributed by atoms with E-state index in [9.17, 15) is 4.79 Å². The van der Waals surface area contributed by atoms with Gasteiger partial charge in [0, 0.05) is 24.4 Å². The Morgan fingerprint density at radius 3 is 2.55 bits per heavy atom. The Labute approximate surface area is 182 Å². The molecule has 1 aromatic carbocycles. The molecule has 3 N–H and O–H groups in total. The van der Waals surface area contributed by atoms with Crippen LogP contribution in [-0.4, -0.2) is 53.5 Å². The number of aromatic nitrogens is 2. The summed E-state index contributed by atoms with van der Waals surface area (Å²) in [5.41, 5.74) is 2.17. The van der Waals surface area contributed by atoms with E-state index in [1.54, 1.807) is 0 Å². The van der Waals surface area contributed by atoms with E-state index >= 15 is 0 Å². The summed E-state index contributed by atoms with van der Waals surface area (Å²) in [4.78, 5) is 21.5. The summed E-state index contributed by atoms with van der Waals surface area (Å²) < 4.78 is 12.0. The van der Waals surface area contributed by atoms with Crippen LogP contribution in [0, 0.1) is 0 Å². The molecule has 2 aromatic rings. The number of anilines is 1. The first-order valence-electron chi connectivity index (χ1n) is 11.2. The summed E-state index contributed by atoms with van der Waals surface area (Å²) in [7, 11) is 0.